The number of hydrogen-bond donors (Lipinski definition) is 1. The second-order valence-electron chi connectivity index (χ2n) is 5.87. The smallest absolute Gasteiger partial charge is 0.101 e. The van der Waals surface area contributed by atoms with E-state index in [1.54, 1.807) is 0 Å². The Morgan fingerprint density at radius 2 is 1.38 bits per heavy atom. The summed E-state index contributed by atoms with van der Waals surface area (Å²) in [5.41, 5.74) is 0. The van der Waals surface area contributed by atoms with Crippen LogP contribution in [0.25, 0.3) is 0 Å². The van der Waals surface area contributed by atoms with Gasteiger partial charge in [-0.25, -0.2) is 0 Å². The molecular weight excluding hydrogens is 292 g/mol. The highest BCUT2D eigenvalue weighted by atomic mass is 35.5. The van der Waals surface area contributed by atoms with E-state index in [0.717, 1.165) is 12.8 Å². The number of hydrogen-bond acceptors (Lipinski definition) is 4. The lowest BCUT2D eigenvalue weighted by Gasteiger charge is -2.19. The van der Waals surface area contributed by atoms with Gasteiger partial charge in [-0.3, -0.25) is 0 Å². The third-order valence-corrected chi connectivity index (χ3v) is 3.85. The summed E-state index contributed by atoms with van der Waals surface area (Å²) in [4.78, 5) is 0. The van der Waals surface area contributed by atoms with Gasteiger partial charge in [-0.2, -0.15) is 0 Å². The minimum absolute atomic E-state index is 0.117. The Labute approximate surface area is 135 Å². The van der Waals surface area contributed by atoms with Crippen molar-refractivity contribution in [1.82, 2.24) is 0 Å². The van der Waals surface area contributed by atoms with E-state index >= 15 is 0 Å². The Bertz CT molecular complexity index is 228. The fourth-order valence-corrected chi connectivity index (χ4v) is 1.64. The lowest BCUT2D eigenvalue weighted by molar-refractivity contribution is -0.0578. The molecule has 0 rings (SSSR count). The normalized spacial score (nSPS) is 17.4. The van der Waals surface area contributed by atoms with Gasteiger partial charge in [0.15, 0.2) is 0 Å². The summed E-state index contributed by atoms with van der Waals surface area (Å²) in [6.07, 6.45) is 1.45. The van der Waals surface area contributed by atoms with Crippen LogP contribution in [0.4, 0.5) is 0 Å². The molecule has 5 heteroatoms. The van der Waals surface area contributed by atoms with Gasteiger partial charge in [0, 0.05) is 13.2 Å². The number of ether oxygens (including phenoxy) is 3. The predicted octanol–water partition coefficient (Wildman–Crippen LogP) is 3.10. The molecule has 128 valence electrons. The third-order valence-electron chi connectivity index (χ3n) is 3.51. The van der Waals surface area contributed by atoms with Gasteiger partial charge < -0.3 is 19.3 Å². The molecule has 4 nitrogen and oxygen atoms in total. The fraction of sp³-hybridized carbons (Fsp3) is 1.00. The topological polar surface area (TPSA) is 47.9 Å². The first-order valence-electron chi connectivity index (χ1n) is 8.04. The molecule has 1 N–H and O–H groups in total. The zero-order valence-electron chi connectivity index (χ0n) is 14.0. The minimum atomic E-state index is -0.598. The van der Waals surface area contributed by atoms with Gasteiger partial charge in [0.2, 0.25) is 0 Å². The molecule has 0 heterocycles. The molecule has 21 heavy (non-hydrogen) atoms. The number of alkyl halides is 1. The van der Waals surface area contributed by atoms with E-state index in [4.69, 9.17) is 25.8 Å². The molecule has 0 spiro atoms. The Balaban J connectivity index is 3.64. The Hall–Kier alpha value is 0.130. The summed E-state index contributed by atoms with van der Waals surface area (Å²) in [6, 6.07) is 0. The van der Waals surface area contributed by atoms with Crippen molar-refractivity contribution in [2.75, 3.05) is 38.9 Å². The van der Waals surface area contributed by atoms with E-state index in [1.165, 1.54) is 0 Å². The molecule has 0 aromatic carbocycles. The van der Waals surface area contributed by atoms with Crippen molar-refractivity contribution in [3.63, 3.8) is 0 Å². The minimum Gasteiger partial charge on any atom is -0.388 e. The quantitative estimate of drug-likeness (QED) is 0.499. The first-order chi connectivity index (χ1) is 10.0. The second-order valence-corrected chi connectivity index (χ2v) is 6.17. The van der Waals surface area contributed by atoms with E-state index in [9.17, 15) is 5.11 Å². The van der Waals surface area contributed by atoms with Gasteiger partial charge in [0.25, 0.3) is 0 Å². The maximum absolute atomic E-state index is 9.75. The van der Waals surface area contributed by atoms with Gasteiger partial charge >= 0.3 is 0 Å². The van der Waals surface area contributed by atoms with Crippen LogP contribution < -0.4 is 0 Å². The van der Waals surface area contributed by atoms with Gasteiger partial charge in [-0.05, 0) is 11.8 Å². The van der Waals surface area contributed by atoms with Crippen LogP contribution in [0.5, 0.6) is 0 Å². The number of aliphatic hydroxyl groups is 1. The highest BCUT2D eigenvalue weighted by Gasteiger charge is 2.12. The highest BCUT2D eigenvalue weighted by Crippen LogP contribution is 2.06. The van der Waals surface area contributed by atoms with Gasteiger partial charge in [0.1, 0.15) is 6.10 Å². The third kappa shape index (κ3) is 12.4. The molecular formula is C16H33ClO4. The summed E-state index contributed by atoms with van der Waals surface area (Å²) in [5.74, 6) is 1.44. The Kier molecular flexibility index (Phi) is 13.9. The van der Waals surface area contributed by atoms with Crippen molar-refractivity contribution < 1.29 is 19.3 Å². The molecule has 0 radical (unpaired) electrons. The average Bonchev–Trinajstić information content (AvgIpc) is 2.49. The van der Waals surface area contributed by atoms with Crippen molar-refractivity contribution >= 4 is 11.6 Å². The summed E-state index contributed by atoms with van der Waals surface area (Å²) in [7, 11) is 0. The van der Waals surface area contributed by atoms with E-state index in [1.807, 2.05) is 0 Å². The lowest BCUT2D eigenvalue weighted by atomic mass is 10.1. The van der Waals surface area contributed by atoms with Crippen molar-refractivity contribution in [2.45, 2.75) is 52.7 Å². The van der Waals surface area contributed by atoms with E-state index < -0.39 is 6.10 Å². The number of rotatable bonds is 14. The molecule has 0 aromatic rings. The van der Waals surface area contributed by atoms with Crippen molar-refractivity contribution in [1.29, 1.82) is 0 Å². The number of aliphatic hydroxyl groups excluding tert-OH is 1. The molecule has 0 aliphatic heterocycles. The van der Waals surface area contributed by atoms with E-state index in [0.29, 0.717) is 44.1 Å². The van der Waals surface area contributed by atoms with Crippen LogP contribution in [0.2, 0.25) is 0 Å². The Morgan fingerprint density at radius 3 is 1.90 bits per heavy atom. The lowest BCUT2D eigenvalue weighted by Crippen LogP contribution is -2.28. The van der Waals surface area contributed by atoms with Crippen LogP contribution in [0.3, 0.4) is 0 Å². The first-order valence-corrected chi connectivity index (χ1v) is 8.57. The molecule has 0 aromatic heterocycles. The predicted molar refractivity (Wildman–Crippen MR) is 87.0 cm³/mol. The van der Waals surface area contributed by atoms with Crippen molar-refractivity contribution in [3.8, 4) is 0 Å². The fourth-order valence-electron chi connectivity index (χ4n) is 1.46. The summed E-state index contributed by atoms with van der Waals surface area (Å²) in [6.45, 7) is 10.9. The maximum Gasteiger partial charge on any atom is 0.101 e. The Morgan fingerprint density at radius 1 is 0.857 bits per heavy atom. The van der Waals surface area contributed by atoms with Crippen LogP contribution in [0, 0.1) is 11.8 Å². The second kappa shape index (κ2) is 13.8. The van der Waals surface area contributed by atoms with Gasteiger partial charge in [0.05, 0.1) is 31.8 Å². The molecule has 0 aliphatic rings. The van der Waals surface area contributed by atoms with Crippen molar-refractivity contribution in [3.05, 3.63) is 0 Å². The largest absolute Gasteiger partial charge is 0.388 e. The molecule has 0 saturated heterocycles. The zero-order valence-corrected chi connectivity index (χ0v) is 14.8. The first kappa shape index (κ1) is 21.1. The van der Waals surface area contributed by atoms with Crippen molar-refractivity contribution in [2.24, 2.45) is 11.8 Å². The molecule has 0 saturated carbocycles. The summed E-state index contributed by atoms with van der Waals surface area (Å²) >= 11 is 5.85. The molecule has 0 amide bonds. The van der Waals surface area contributed by atoms with Crippen LogP contribution >= 0.6 is 11.6 Å². The highest BCUT2D eigenvalue weighted by molar-refractivity contribution is 6.18. The molecule has 0 aliphatic carbocycles. The SMILES string of the molecule is CCC(C)COCC(O)COCC(CCl)OCC(C)CC. The van der Waals surface area contributed by atoms with Crippen LogP contribution in [0.15, 0.2) is 0 Å². The van der Waals surface area contributed by atoms with E-state index in [2.05, 4.69) is 27.7 Å². The van der Waals surface area contributed by atoms with Gasteiger partial charge in [-0.15, -0.1) is 11.6 Å². The zero-order chi connectivity index (χ0) is 16.1. The van der Waals surface area contributed by atoms with Crippen LogP contribution in [-0.2, 0) is 14.2 Å². The van der Waals surface area contributed by atoms with Crippen LogP contribution in [-0.4, -0.2) is 56.2 Å². The summed E-state index contributed by atoms with van der Waals surface area (Å²) < 4.78 is 16.6. The molecule has 0 bridgehead atoms. The standard InChI is InChI=1S/C16H33ClO4/c1-5-13(3)8-19-10-15(18)11-20-12-16(7-17)21-9-14(4)6-2/h13-16,18H,5-12H2,1-4H3. The summed E-state index contributed by atoms with van der Waals surface area (Å²) in [5, 5.41) is 9.75. The average molecular weight is 325 g/mol. The maximum atomic E-state index is 9.75. The van der Waals surface area contributed by atoms with Crippen LogP contribution in [0.1, 0.15) is 40.5 Å². The molecule has 0 fully saturated rings. The van der Waals surface area contributed by atoms with E-state index in [-0.39, 0.29) is 12.7 Å². The number of halogens is 1. The molecule has 4 atom stereocenters. The molecule has 4 unspecified atom stereocenters. The monoisotopic (exact) mass is 324 g/mol. The van der Waals surface area contributed by atoms with Gasteiger partial charge in [-0.1, -0.05) is 40.5 Å².